The molecule has 0 aliphatic carbocycles. The smallest absolute Gasteiger partial charge is 0.320 e. The summed E-state index contributed by atoms with van der Waals surface area (Å²) in [6.45, 7) is 0.346. The van der Waals surface area contributed by atoms with Crippen LogP contribution in [0.1, 0.15) is 0 Å². The second-order valence-electron chi connectivity index (χ2n) is 1.29. The average molecular weight is 99.1 g/mol. The van der Waals surface area contributed by atoms with Crippen molar-refractivity contribution in [1.29, 1.82) is 5.41 Å². The van der Waals surface area contributed by atoms with Gasteiger partial charge in [0, 0.05) is 0 Å². The topological polar surface area (TPSA) is 65.0 Å². The van der Waals surface area contributed by atoms with Crippen LogP contribution in [0.25, 0.3) is 0 Å². The molecule has 0 bridgehead atoms. The predicted octanol–water partition coefficient (Wildman–Crippen LogP) is -0.724. The Morgan fingerprint density at radius 1 is 1.71 bits per heavy atom. The summed E-state index contributed by atoms with van der Waals surface area (Å²) < 4.78 is 0. The zero-order valence-electron chi connectivity index (χ0n) is 3.62. The van der Waals surface area contributed by atoms with Crippen LogP contribution in [0.3, 0.4) is 0 Å². The number of amides is 2. The maximum atomic E-state index is 10.1. The standard InChI is InChI=1S/C3H5N3O/c4-2-1-5-3(7)6-2/h1H2,(H3,4,5,6,7). The third-order valence-electron chi connectivity index (χ3n) is 0.690. The van der Waals surface area contributed by atoms with E-state index >= 15 is 0 Å². The molecule has 7 heavy (non-hydrogen) atoms. The zero-order valence-corrected chi connectivity index (χ0v) is 3.62. The SMILES string of the molecule is N=C1CNC(=O)N1. The van der Waals surface area contributed by atoms with Crippen molar-refractivity contribution in [2.45, 2.75) is 0 Å². The summed E-state index contributed by atoms with van der Waals surface area (Å²) in [6.07, 6.45) is 0. The number of carbonyl (C=O) groups excluding carboxylic acids is 1. The molecule has 0 saturated carbocycles. The molecule has 3 N–H and O–H groups in total. The summed E-state index contributed by atoms with van der Waals surface area (Å²) in [5.41, 5.74) is 0. The fraction of sp³-hybridized carbons (Fsp3) is 0.333. The second-order valence-corrected chi connectivity index (χ2v) is 1.29. The second kappa shape index (κ2) is 1.22. The van der Waals surface area contributed by atoms with Crippen LogP contribution in [0.2, 0.25) is 0 Å². The first-order valence-corrected chi connectivity index (χ1v) is 1.91. The lowest BCUT2D eigenvalue weighted by molar-refractivity contribution is 0.249. The van der Waals surface area contributed by atoms with Gasteiger partial charge in [-0.2, -0.15) is 0 Å². The van der Waals surface area contributed by atoms with Gasteiger partial charge in [0.25, 0.3) is 0 Å². The van der Waals surface area contributed by atoms with E-state index in [0.717, 1.165) is 0 Å². The first kappa shape index (κ1) is 4.11. The van der Waals surface area contributed by atoms with E-state index in [-0.39, 0.29) is 11.9 Å². The molecule has 38 valence electrons. The molecule has 0 radical (unpaired) electrons. The van der Waals surface area contributed by atoms with E-state index in [0.29, 0.717) is 6.54 Å². The Balaban J connectivity index is 2.55. The molecule has 1 aliphatic heterocycles. The highest BCUT2D eigenvalue weighted by atomic mass is 16.2. The summed E-state index contributed by atoms with van der Waals surface area (Å²) >= 11 is 0. The molecule has 4 nitrogen and oxygen atoms in total. The fourth-order valence-corrected chi connectivity index (χ4v) is 0.394. The minimum absolute atomic E-state index is 0.241. The molecule has 0 spiro atoms. The Hall–Kier alpha value is -1.06. The van der Waals surface area contributed by atoms with Crippen molar-refractivity contribution in [2.75, 3.05) is 6.54 Å². The number of nitrogens with one attached hydrogen (secondary N) is 3. The minimum atomic E-state index is -0.273. The summed E-state index contributed by atoms with van der Waals surface area (Å²) in [5, 5.41) is 11.4. The van der Waals surface area contributed by atoms with Crippen molar-refractivity contribution in [3.8, 4) is 0 Å². The van der Waals surface area contributed by atoms with Crippen LogP contribution in [-0.2, 0) is 0 Å². The Bertz CT molecular complexity index is 105. The molecule has 2 amide bonds. The first-order valence-electron chi connectivity index (χ1n) is 1.91. The number of carbonyl (C=O) groups is 1. The van der Waals surface area contributed by atoms with Crippen LogP contribution in [0, 0.1) is 5.41 Å². The number of hydrogen-bond acceptors (Lipinski definition) is 2. The van der Waals surface area contributed by atoms with Crippen LogP contribution in [0.15, 0.2) is 0 Å². The van der Waals surface area contributed by atoms with Gasteiger partial charge in [-0.25, -0.2) is 4.79 Å². The third kappa shape index (κ3) is 0.677. The fourth-order valence-electron chi connectivity index (χ4n) is 0.394. The average Bonchev–Trinajstić information content (AvgIpc) is 1.87. The summed E-state index contributed by atoms with van der Waals surface area (Å²) in [4.78, 5) is 10.1. The van der Waals surface area contributed by atoms with Gasteiger partial charge in [-0.15, -0.1) is 0 Å². The van der Waals surface area contributed by atoms with Gasteiger partial charge in [-0.3, -0.25) is 10.7 Å². The molecule has 1 rings (SSSR count). The molecular weight excluding hydrogens is 94.1 g/mol. The van der Waals surface area contributed by atoms with E-state index < -0.39 is 0 Å². The lowest BCUT2D eigenvalue weighted by atomic mass is 10.6. The van der Waals surface area contributed by atoms with Gasteiger partial charge in [0.1, 0.15) is 5.84 Å². The summed E-state index contributed by atoms with van der Waals surface area (Å²) in [5.74, 6) is 0.241. The van der Waals surface area contributed by atoms with Crippen molar-refractivity contribution in [1.82, 2.24) is 10.6 Å². The minimum Gasteiger partial charge on any atom is -0.331 e. The number of hydrogen-bond donors (Lipinski definition) is 3. The lowest BCUT2D eigenvalue weighted by Gasteiger charge is -1.81. The number of amidine groups is 1. The van der Waals surface area contributed by atoms with E-state index in [2.05, 4.69) is 10.6 Å². The molecule has 1 aliphatic rings. The molecule has 1 heterocycles. The molecule has 1 saturated heterocycles. The molecule has 1 fully saturated rings. The van der Waals surface area contributed by atoms with Crippen LogP contribution in [0.4, 0.5) is 4.79 Å². The van der Waals surface area contributed by atoms with E-state index in [4.69, 9.17) is 5.41 Å². The molecule has 0 aromatic heterocycles. The van der Waals surface area contributed by atoms with E-state index in [1.807, 2.05) is 0 Å². The molecule has 0 atom stereocenters. The highest BCUT2D eigenvalue weighted by Crippen LogP contribution is 1.74. The predicted molar refractivity (Wildman–Crippen MR) is 24.3 cm³/mol. The van der Waals surface area contributed by atoms with Crippen molar-refractivity contribution >= 4 is 11.9 Å². The normalized spacial score (nSPS) is 18.9. The Morgan fingerprint density at radius 2 is 2.43 bits per heavy atom. The molecule has 0 aromatic carbocycles. The summed E-state index contributed by atoms with van der Waals surface area (Å²) in [6, 6.07) is -0.273. The Morgan fingerprint density at radius 3 is 2.57 bits per heavy atom. The molecule has 0 unspecified atom stereocenters. The molecular formula is C3H5N3O. The largest absolute Gasteiger partial charge is 0.331 e. The van der Waals surface area contributed by atoms with Gasteiger partial charge in [0.2, 0.25) is 0 Å². The lowest BCUT2D eigenvalue weighted by Crippen LogP contribution is -2.21. The third-order valence-corrected chi connectivity index (χ3v) is 0.690. The van der Waals surface area contributed by atoms with E-state index in [1.54, 1.807) is 0 Å². The van der Waals surface area contributed by atoms with Crippen LogP contribution in [0.5, 0.6) is 0 Å². The molecule has 4 heteroatoms. The van der Waals surface area contributed by atoms with Crippen LogP contribution in [-0.4, -0.2) is 18.4 Å². The highest BCUT2D eigenvalue weighted by Gasteiger charge is 2.10. The van der Waals surface area contributed by atoms with Crippen molar-refractivity contribution in [2.24, 2.45) is 0 Å². The van der Waals surface area contributed by atoms with Gasteiger partial charge in [-0.1, -0.05) is 0 Å². The van der Waals surface area contributed by atoms with E-state index in [9.17, 15) is 4.79 Å². The number of urea groups is 1. The van der Waals surface area contributed by atoms with Crippen molar-refractivity contribution in [3.63, 3.8) is 0 Å². The maximum Gasteiger partial charge on any atom is 0.320 e. The van der Waals surface area contributed by atoms with Gasteiger partial charge in [-0.05, 0) is 0 Å². The van der Waals surface area contributed by atoms with Crippen LogP contribution >= 0.6 is 0 Å². The van der Waals surface area contributed by atoms with Crippen molar-refractivity contribution < 1.29 is 4.79 Å². The monoisotopic (exact) mass is 99.0 g/mol. The number of rotatable bonds is 0. The van der Waals surface area contributed by atoms with Gasteiger partial charge in [0.15, 0.2) is 0 Å². The Kier molecular flexibility index (Phi) is 0.714. The summed E-state index contributed by atoms with van der Waals surface area (Å²) in [7, 11) is 0. The van der Waals surface area contributed by atoms with Gasteiger partial charge in [0.05, 0.1) is 6.54 Å². The molecule has 0 aromatic rings. The zero-order chi connectivity index (χ0) is 5.28. The quantitative estimate of drug-likeness (QED) is 0.368. The van der Waals surface area contributed by atoms with E-state index in [1.165, 1.54) is 0 Å². The van der Waals surface area contributed by atoms with Gasteiger partial charge >= 0.3 is 6.03 Å². The van der Waals surface area contributed by atoms with Gasteiger partial charge < -0.3 is 5.32 Å². The van der Waals surface area contributed by atoms with Crippen molar-refractivity contribution in [3.05, 3.63) is 0 Å². The van der Waals surface area contributed by atoms with Crippen LogP contribution < -0.4 is 10.6 Å². The first-order chi connectivity index (χ1) is 3.29. The Labute approximate surface area is 40.4 Å². The maximum absolute atomic E-state index is 10.1. The highest BCUT2D eigenvalue weighted by molar-refractivity contribution is 6.03.